The minimum absolute atomic E-state index is 0.249. The van der Waals surface area contributed by atoms with Gasteiger partial charge in [-0.3, -0.25) is 9.78 Å². The Morgan fingerprint density at radius 1 is 1.22 bits per heavy atom. The Hall–Kier alpha value is -2.86. The van der Waals surface area contributed by atoms with Crippen molar-refractivity contribution < 1.29 is 13.9 Å². The molecule has 3 aromatic rings. The molecule has 1 amide bonds. The van der Waals surface area contributed by atoms with Crippen molar-refractivity contribution >= 4 is 16.8 Å². The van der Waals surface area contributed by atoms with Crippen LogP contribution in [0.3, 0.4) is 0 Å². The van der Waals surface area contributed by atoms with Crippen LogP contribution in [0.4, 0.5) is 4.39 Å². The summed E-state index contributed by atoms with van der Waals surface area (Å²) in [6, 6.07) is 9.87. The molecule has 1 N–H and O–H groups in total. The molecular weight excluding hydrogens is 345 g/mol. The van der Waals surface area contributed by atoms with Crippen molar-refractivity contribution in [1.29, 1.82) is 0 Å². The first-order valence-corrected chi connectivity index (χ1v) is 9.06. The third-order valence-electron chi connectivity index (χ3n) is 4.88. The van der Waals surface area contributed by atoms with Gasteiger partial charge in [0.05, 0.1) is 5.52 Å². The van der Waals surface area contributed by atoms with Crippen LogP contribution in [-0.2, 0) is 11.3 Å². The lowest BCUT2D eigenvalue weighted by Gasteiger charge is -2.24. The Morgan fingerprint density at radius 2 is 2.07 bits per heavy atom. The van der Waals surface area contributed by atoms with Crippen LogP contribution in [0.2, 0.25) is 0 Å². The van der Waals surface area contributed by atoms with E-state index in [2.05, 4.69) is 15.3 Å². The lowest BCUT2D eigenvalue weighted by molar-refractivity contribution is 0.0855. The second kappa shape index (κ2) is 7.80. The highest BCUT2D eigenvalue weighted by atomic mass is 19.1. The SMILES string of the molecule is O=C(NCc1cccc(F)c1)c1cc(C2CCOCC2)c2cnccc2n1. The summed E-state index contributed by atoms with van der Waals surface area (Å²) in [4.78, 5) is 21.4. The summed E-state index contributed by atoms with van der Waals surface area (Å²) in [5, 5.41) is 3.81. The van der Waals surface area contributed by atoms with E-state index in [-0.39, 0.29) is 18.3 Å². The number of aromatic nitrogens is 2. The standard InChI is InChI=1S/C21H20FN3O2/c22-16-3-1-2-14(10-16)12-24-21(26)20-11-17(15-5-8-27-9-6-15)18-13-23-7-4-19(18)25-20/h1-4,7,10-11,13,15H,5-6,8-9,12H2,(H,24,26). The largest absolute Gasteiger partial charge is 0.381 e. The first-order chi connectivity index (χ1) is 13.2. The smallest absolute Gasteiger partial charge is 0.270 e. The normalized spacial score (nSPS) is 15.0. The summed E-state index contributed by atoms with van der Waals surface area (Å²) in [6.07, 6.45) is 5.32. The fourth-order valence-corrected chi connectivity index (χ4v) is 3.48. The predicted octanol–water partition coefficient (Wildman–Crippen LogP) is 3.59. The molecule has 0 saturated carbocycles. The number of hydrogen-bond donors (Lipinski definition) is 1. The van der Waals surface area contributed by atoms with E-state index >= 15 is 0 Å². The van der Waals surface area contributed by atoms with E-state index in [9.17, 15) is 9.18 Å². The molecule has 0 spiro atoms. The molecule has 1 aliphatic rings. The van der Waals surface area contributed by atoms with E-state index in [1.54, 1.807) is 18.3 Å². The monoisotopic (exact) mass is 365 g/mol. The van der Waals surface area contributed by atoms with Crippen LogP contribution in [0.25, 0.3) is 10.9 Å². The number of rotatable bonds is 4. The lowest BCUT2D eigenvalue weighted by Crippen LogP contribution is -2.24. The van der Waals surface area contributed by atoms with E-state index in [0.717, 1.165) is 42.5 Å². The van der Waals surface area contributed by atoms with Crippen LogP contribution >= 0.6 is 0 Å². The van der Waals surface area contributed by atoms with E-state index in [1.807, 2.05) is 18.3 Å². The Bertz CT molecular complexity index is 971. The highest BCUT2D eigenvalue weighted by Crippen LogP contribution is 2.32. The van der Waals surface area contributed by atoms with Crippen LogP contribution < -0.4 is 5.32 Å². The molecular formula is C21H20FN3O2. The molecule has 0 atom stereocenters. The van der Waals surface area contributed by atoms with Gasteiger partial charge < -0.3 is 10.1 Å². The fraction of sp³-hybridized carbons (Fsp3) is 0.286. The third-order valence-corrected chi connectivity index (χ3v) is 4.88. The third kappa shape index (κ3) is 3.95. The number of benzene rings is 1. The van der Waals surface area contributed by atoms with Crippen molar-refractivity contribution in [3.63, 3.8) is 0 Å². The van der Waals surface area contributed by atoms with E-state index in [1.165, 1.54) is 12.1 Å². The molecule has 0 bridgehead atoms. The molecule has 1 saturated heterocycles. The van der Waals surface area contributed by atoms with Gasteiger partial charge in [0.25, 0.3) is 5.91 Å². The highest BCUT2D eigenvalue weighted by Gasteiger charge is 2.21. The van der Waals surface area contributed by atoms with Crippen molar-refractivity contribution in [2.45, 2.75) is 25.3 Å². The van der Waals surface area contributed by atoms with Gasteiger partial charge in [0.15, 0.2) is 0 Å². The maximum Gasteiger partial charge on any atom is 0.270 e. The Kier molecular flexibility index (Phi) is 5.07. The van der Waals surface area contributed by atoms with E-state index in [0.29, 0.717) is 17.2 Å². The first-order valence-electron chi connectivity index (χ1n) is 9.06. The number of amides is 1. The zero-order chi connectivity index (χ0) is 18.6. The minimum Gasteiger partial charge on any atom is -0.381 e. The number of pyridine rings is 2. The van der Waals surface area contributed by atoms with Gasteiger partial charge in [-0.25, -0.2) is 9.37 Å². The minimum atomic E-state index is -0.320. The van der Waals surface area contributed by atoms with E-state index in [4.69, 9.17) is 4.74 Å². The quantitative estimate of drug-likeness (QED) is 0.767. The Morgan fingerprint density at radius 3 is 2.89 bits per heavy atom. The topological polar surface area (TPSA) is 64.1 Å². The van der Waals surface area contributed by atoms with Crippen molar-refractivity contribution in [2.24, 2.45) is 0 Å². The summed E-state index contributed by atoms with van der Waals surface area (Å²) in [7, 11) is 0. The average Bonchev–Trinajstić information content (AvgIpc) is 2.72. The molecule has 27 heavy (non-hydrogen) atoms. The van der Waals surface area contributed by atoms with Crippen LogP contribution in [-0.4, -0.2) is 29.1 Å². The second-order valence-electron chi connectivity index (χ2n) is 6.69. The Balaban J connectivity index is 1.61. The molecule has 6 heteroatoms. The fourth-order valence-electron chi connectivity index (χ4n) is 3.48. The Labute approximate surface area is 156 Å². The second-order valence-corrected chi connectivity index (χ2v) is 6.69. The van der Waals surface area contributed by atoms with Crippen LogP contribution in [0.15, 0.2) is 48.8 Å². The van der Waals surface area contributed by atoms with Gasteiger partial charge in [-0.05, 0) is 54.2 Å². The zero-order valence-corrected chi connectivity index (χ0v) is 14.8. The van der Waals surface area contributed by atoms with Gasteiger partial charge in [-0.15, -0.1) is 0 Å². The molecule has 0 unspecified atom stereocenters. The summed E-state index contributed by atoms with van der Waals surface area (Å²) in [5.41, 5.74) is 2.92. The van der Waals surface area contributed by atoms with Gasteiger partial charge in [0.1, 0.15) is 11.5 Å². The van der Waals surface area contributed by atoms with Crippen molar-refractivity contribution in [3.8, 4) is 0 Å². The maximum atomic E-state index is 13.3. The van der Waals surface area contributed by atoms with Crippen LogP contribution in [0.1, 0.15) is 40.4 Å². The molecule has 4 rings (SSSR count). The summed E-state index contributed by atoms with van der Waals surface area (Å²) in [6.45, 7) is 1.69. The molecule has 2 aromatic heterocycles. The number of hydrogen-bond acceptors (Lipinski definition) is 4. The molecule has 0 radical (unpaired) electrons. The van der Waals surface area contributed by atoms with Crippen molar-refractivity contribution in [2.75, 3.05) is 13.2 Å². The van der Waals surface area contributed by atoms with Gasteiger partial charge in [0.2, 0.25) is 0 Å². The van der Waals surface area contributed by atoms with Crippen molar-refractivity contribution in [3.05, 3.63) is 71.4 Å². The molecule has 1 aliphatic heterocycles. The number of nitrogens with one attached hydrogen (secondary N) is 1. The van der Waals surface area contributed by atoms with Gasteiger partial charge >= 0.3 is 0 Å². The number of carbonyl (C=O) groups is 1. The van der Waals surface area contributed by atoms with Gasteiger partial charge in [0, 0.05) is 37.5 Å². The number of nitrogens with zero attached hydrogens (tertiary/aromatic N) is 2. The van der Waals surface area contributed by atoms with Gasteiger partial charge in [-0.1, -0.05) is 12.1 Å². The molecule has 1 aromatic carbocycles. The summed E-state index contributed by atoms with van der Waals surface area (Å²) >= 11 is 0. The molecule has 138 valence electrons. The number of ether oxygens (including phenoxy) is 1. The molecule has 0 aliphatic carbocycles. The summed E-state index contributed by atoms with van der Waals surface area (Å²) in [5.74, 6) is -0.269. The average molecular weight is 365 g/mol. The zero-order valence-electron chi connectivity index (χ0n) is 14.8. The molecule has 3 heterocycles. The van der Waals surface area contributed by atoms with E-state index < -0.39 is 0 Å². The van der Waals surface area contributed by atoms with Crippen LogP contribution in [0, 0.1) is 5.82 Å². The lowest BCUT2D eigenvalue weighted by atomic mass is 9.89. The van der Waals surface area contributed by atoms with Gasteiger partial charge in [-0.2, -0.15) is 0 Å². The number of halogens is 1. The first kappa shape index (κ1) is 17.5. The highest BCUT2D eigenvalue weighted by molar-refractivity contribution is 5.95. The summed E-state index contributed by atoms with van der Waals surface area (Å²) < 4.78 is 18.8. The predicted molar refractivity (Wildman–Crippen MR) is 99.9 cm³/mol. The van der Waals surface area contributed by atoms with Crippen LogP contribution in [0.5, 0.6) is 0 Å². The molecule has 5 nitrogen and oxygen atoms in total. The number of carbonyl (C=O) groups excluding carboxylic acids is 1. The maximum absolute atomic E-state index is 13.3. The molecule has 1 fully saturated rings. The number of fused-ring (bicyclic) bond motifs is 1. The van der Waals surface area contributed by atoms with Crippen molar-refractivity contribution in [1.82, 2.24) is 15.3 Å².